The van der Waals surface area contributed by atoms with E-state index < -0.39 is 0 Å². The summed E-state index contributed by atoms with van der Waals surface area (Å²) < 4.78 is 5.22. The van der Waals surface area contributed by atoms with Crippen LogP contribution in [0.15, 0.2) is 24.3 Å². The Morgan fingerprint density at radius 2 is 2.38 bits per heavy atom. The number of ether oxygens (including phenoxy) is 1. The molecule has 0 bridgehead atoms. The van der Waals surface area contributed by atoms with Crippen LogP contribution in [-0.4, -0.2) is 30.3 Å². The number of aliphatic hydroxyl groups is 1. The Morgan fingerprint density at radius 3 is 3.00 bits per heavy atom. The molecule has 0 saturated carbocycles. The molecule has 1 aromatic carbocycles. The maximum absolute atomic E-state index is 11.3. The van der Waals surface area contributed by atoms with Crippen LogP contribution in [-0.2, 0) is 4.79 Å². The van der Waals surface area contributed by atoms with Gasteiger partial charge in [0, 0.05) is 17.8 Å². The standard InChI is InChI=1S/C11H16N2O3/c1-8(6-14)13-11(15)7-16-10-4-2-3-9(12)5-10/h2-5,8,14H,6-7,12H2,1H3,(H,13,15)/t8-/m0/s1. The highest BCUT2D eigenvalue weighted by Crippen LogP contribution is 2.13. The lowest BCUT2D eigenvalue weighted by atomic mass is 10.3. The second-order valence-electron chi connectivity index (χ2n) is 3.51. The molecule has 0 spiro atoms. The van der Waals surface area contributed by atoms with Crippen LogP contribution in [0.2, 0.25) is 0 Å². The van der Waals surface area contributed by atoms with Gasteiger partial charge in [0.05, 0.1) is 6.61 Å². The van der Waals surface area contributed by atoms with E-state index in [-0.39, 0.29) is 25.2 Å². The van der Waals surface area contributed by atoms with Crippen molar-refractivity contribution < 1.29 is 14.6 Å². The largest absolute Gasteiger partial charge is 0.484 e. The van der Waals surface area contributed by atoms with Gasteiger partial charge in [-0.3, -0.25) is 4.79 Å². The van der Waals surface area contributed by atoms with Crippen molar-refractivity contribution in [2.75, 3.05) is 18.9 Å². The topological polar surface area (TPSA) is 84.6 Å². The lowest BCUT2D eigenvalue weighted by Crippen LogP contribution is -2.38. The van der Waals surface area contributed by atoms with E-state index in [2.05, 4.69) is 5.32 Å². The fourth-order valence-electron chi connectivity index (χ4n) is 1.12. The second kappa shape index (κ2) is 5.97. The van der Waals surface area contributed by atoms with Crippen molar-refractivity contribution in [3.05, 3.63) is 24.3 Å². The van der Waals surface area contributed by atoms with Crippen molar-refractivity contribution in [3.8, 4) is 5.75 Å². The first kappa shape index (κ1) is 12.3. The molecular formula is C11H16N2O3. The molecule has 0 aliphatic rings. The minimum absolute atomic E-state index is 0.0895. The van der Waals surface area contributed by atoms with Crippen LogP contribution in [0.1, 0.15) is 6.92 Å². The molecule has 0 aromatic heterocycles. The number of benzene rings is 1. The number of nitrogens with two attached hydrogens (primary N) is 1. The van der Waals surface area contributed by atoms with E-state index >= 15 is 0 Å². The number of rotatable bonds is 5. The summed E-state index contributed by atoms with van der Waals surface area (Å²) in [5, 5.41) is 11.3. The molecule has 1 amide bonds. The van der Waals surface area contributed by atoms with E-state index in [4.69, 9.17) is 15.6 Å². The van der Waals surface area contributed by atoms with Gasteiger partial charge in [0.2, 0.25) is 0 Å². The molecule has 0 unspecified atom stereocenters. The fourth-order valence-corrected chi connectivity index (χ4v) is 1.12. The smallest absolute Gasteiger partial charge is 0.258 e. The molecule has 5 nitrogen and oxygen atoms in total. The van der Waals surface area contributed by atoms with Gasteiger partial charge in [0.15, 0.2) is 6.61 Å². The third kappa shape index (κ3) is 4.18. The Labute approximate surface area is 94.2 Å². The monoisotopic (exact) mass is 224 g/mol. The van der Waals surface area contributed by atoms with E-state index in [1.807, 2.05) is 0 Å². The third-order valence-electron chi connectivity index (χ3n) is 1.91. The highest BCUT2D eigenvalue weighted by molar-refractivity contribution is 5.77. The predicted octanol–water partition coefficient (Wildman–Crippen LogP) is 0.145. The van der Waals surface area contributed by atoms with E-state index in [1.165, 1.54) is 0 Å². The van der Waals surface area contributed by atoms with Crippen LogP contribution in [0.4, 0.5) is 5.69 Å². The molecule has 1 aromatic rings. The number of amides is 1. The third-order valence-corrected chi connectivity index (χ3v) is 1.91. The van der Waals surface area contributed by atoms with Crippen molar-refractivity contribution >= 4 is 11.6 Å². The lowest BCUT2D eigenvalue weighted by Gasteiger charge is -2.11. The molecule has 0 aliphatic carbocycles. The number of aliphatic hydroxyl groups excluding tert-OH is 1. The minimum Gasteiger partial charge on any atom is -0.484 e. The average Bonchev–Trinajstić information content (AvgIpc) is 2.26. The maximum Gasteiger partial charge on any atom is 0.258 e. The number of hydrogen-bond acceptors (Lipinski definition) is 4. The van der Waals surface area contributed by atoms with Crippen molar-refractivity contribution in [2.45, 2.75) is 13.0 Å². The van der Waals surface area contributed by atoms with Crippen LogP contribution in [0.25, 0.3) is 0 Å². The van der Waals surface area contributed by atoms with Gasteiger partial charge >= 0.3 is 0 Å². The van der Waals surface area contributed by atoms with E-state index in [0.717, 1.165) is 0 Å². The summed E-state index contributed by atoms with van der Waals surface area (Å²) in [5.74, 6) is 0.274. The van der Waals surface area contributed by atoms with Gasteiger partial charge in [0.25, 0.3) is 5.91 Å². The predicted molar refractivity (Wildman–Crippen MR) is 61.0 cm³/mol. The Bertz CT molecular complexity index is 355. The normalized spacial score (nSPS) is 11.9. The first-order chi connectivity index (χ1) is 7.61. The summed E-state index contributed by atoms with van der Waals surface area (Å²) in [6, 6.07) is 6.58. The number of anilines is 1. The van der Waals surface area contributed by atoms with E-state index in [0.29, 0.717) is 11.4 Å². The molecule has 0 radical (unpaired) electrons. The number of nitrogen functional groups attached to an aromatic ring is 1. The number of carbonyl (C=O) groups is 1. The number of carbonyl (C=O) groups excluding carboxylic acids is 1. The molecule has 0 fully saturated rings. The van der Waals surface area contributed by atoms with Crippen LogP contribution < -0.4 is 15.8 Å². The molecule has 0 aliphatic heterocycles. The van der Waals surface area contributed by atoms with Crippen molar-refractivity contribution in [2.24, 2.45) is 0 Å². The van der Waals surface area contributed by atoms with Crippen molar-refractivity contribution in [1.29, 1.82) is 0 Å². The van der Waals surface area contributed by atoms with Gasteiger partial charge in [-0.05, 0) is 19.1 Å². The molecule has 1 atom stereocenters. The first-order valence-corrected chi connectivity index (χ1v) is 5.00. The van der Waals surface area contributed by atoms with Gasteiger partial charge in [-0.2, -0.15) is 0 Å². The average molecular weight is 224 g/mol. The highest BCUT2D eigenvalue weighted by Gasteiger charge is 2.06. The van der Waals surface area contributed by atoms with Crippen LogP contribution in [0.3, 0.4) is 0 Å². The van der Waals surface area contributed by atoms with Crippen molar-refractivity contribution in [1.82, 2.24) is 5.32 Å². The summed E-state index contributed by atoms with van der Waals surface area (Å²) in [6.45, 7) is 1.52. The second-order valence-corrected chi connectivity index (χ2v) is 3.51. The molecular weight excluding hydrogens is 208 g/mol. The van der Waals surface area contributed by atoms with Gasteiger partial charge in [0.1, 0.15) is 5.75 Å². The molecule has 16 heavy (non-hydrogen) atoms. The zero-order chi connectivity index (χ0) is 12.0. The zero-order valence-corrected chi connectivity index (χ0v) is 9.14. The first-order valence-electron chi connectivity index (χ1n) is 5.00. The van der Waals surface area contributed by atoms with Crippen LogP contribution in [0, 0.1) is 0 Å². The van der Waals surface area contributed by atoms with E-state index in [1.54, 1.807) is 31.2 Å². The van der Waals surface area contributed by atoms with Gasteiger partial charge < -0.3 is 20.9 Å². The van der Waals surface area contributed by atoms with Crippen molar-refractivity contribution in [3.63, 3.8) is 0 Å². The summed E-state index contributed by atoms with van der Waals surface area (Å²) in [5.41, 5.74) is 6.14. The van der Waals surface area contributed by atoms with Gasteiger partial charge in [-0.1, -0.05) is 6.07 Å². The Kier molecular flexibility index (Phi) is 4.60. The van der Waals surface area contributed by atoms with Gasteiger partial charge in [-0.15, -0.1) is 0 Å². The summed E-state index contributed by atoms with van der Waals surface area (Å²) in [4.78, 5) is 11.3. The summed E-state index contributed by atoms with van der Waals surface area (Å²) in [7, 11) is 0. The summed E-state index contributed by atoms with van der Waals surface area (Å²) >= 11 is 0. The number of nitrogens with one attached hydrogen (secondary N) is 1. The minimum atomic E-state index is -0.274. The fraction of sp³-hybridized carbons (Fsp3) is 0.364. The molecule has 4 N–H and O–H groups in total. The van der Waals surface area contributed by atoms with E-state index in [9.17, 15) is 4.79 Å². The quantitative estimate of drug-likeness (QED) is 0.621. The zero-order valence-electron chi connectivity index (χ0n) is 9.14. The maximum atomic E-state index is 11.3. The Hall–Kier alpha value is -1.75. The van der Waals surface area contributed by atoms with Crippen LogP contribution >= 0.6 is 0 Å². The molecule has 88 valence electrons. The molecule has 0 heterocycles. The molecule has 5 heteroatoms. The molecule has 0 saturated heterocycles. The molecule has 1 rings (SSSR count). The van der Waals surface area contributed by atoms with Crippen LogP contribution in [0.5, 0.6) is 5.75 Å². The Morgan fingerprint density at radius 1 is 1.62 bits per heavy atom. The SMILES string of the molecule is C[C@@H](CO)NC(=O)COc1cccc(N)c1. The lowest BCUT2D eigenvalue weighted by molar-refractivity contribution is -0.123. The summed E-state index contributed by atoms with van der Waals surface area (Å²) in [6.07, 6.45) is 0. The number of hydrogen-bond donors (Lipinski definition) is 3. The Balaban J connectivity index is 2.37. The highest BCUT2D eigenvalue weighted by atomic mass is 16.5. The van der Waals surface area contributed by atoms with Gasteiger partial charge in [-0.25, -0.2) is 0 Å².